The van der Waals surface area contributed by atoms with Gasteiger partial charge in [-0.1, -0.05) is 18.5 Å². The number of carbonyl (C=O) groups excluding carboxylic acids is 2. The van der Waals surface area contributed by atoms with Crippen LogP contribution < -0.4 is 10.2 Å². The number of carbonyl (C=O) groups is 2. The molecule has 96 valence electrons. The number of hydrogen-bond acceptors (Lipinski definition) is 2. The van der Waals surface area contributed by atoms with Gasteiger partial charge in [-0.05, 0) is 40.5 Å². The molecule has 0 spiro atoms. The van der Waals surface area contributed by atoms with Gasteiger partial charge in [0.1, 0.15) is 0 Å². The molecule has 1 saturated heterocycles. The first kappa shape index (κ1) is 13.4. The van der Waals surface area contributed by atoms with E-state index in [0.717, 1.165) is 10.0 Å². The molecule has 2 rings (SSSR count). The first-order valence-electron chi connectivity index (χ1n) is 5.48. The van der Waals surface area contributed by atoms with Gasteiger partial charge in [0.2, 0.25) is 5.91 Å². The molecule has 1 aromatic rings. The summed E-state index contributed by atoms with van der Waals surface area (Å²) in [6.07, 6.45) is 0. The van der Waals surface area contributed by atoms with E-state index in [1.807, 2.05) is 13.0 Å². The molecule has 0 radical (unpaired) electrons. The Labute approximate surface area is 118 Å². The molecule has 1 aliphatic rings. The van der Waals surface area contributed by atoms with E-state index < -0.39 is 6.03 Å². The van der Waals surface area contributed by atoms with Crippen molar-refractivity contribution >= 4 is 45.2 Å². The molecule has 0 aliphatic carbocycles. The zero-order chi connectivity index (χ0) is 13.4. The SMILES string of the molecule is Cc1cc(Br)c(N2CC(C)C(=O)NC2=O)cc1Cl. The molecular weight excluding hydrogens is 320 g/mol. The van der Waals surface area contributed by atoms with Crippen LogP contribution in [0.5, 0.6) is 0 Å². The third kappa shape index (κ3) is 2.37. The highest BCUT2D eigenvalue weighted by atomic mass is 79.9. The highest BCUT2D eigenvalue weighted by molar-refractivity contribution is 9.10. The van der Waals surface area contributed by atoms with Crippen LogP contribution in [0.1, 0.15) is 12.5 Å². The maximum atomic E-state index is 11.8. The zero-order valence-corrected chi connectivity index (χ0v) is 12.3. The smallest absolute Gasteiger partial charge is 0.292 e. The molecule has 1 fully saturated rings. The average Bonchev–Trinajstić information content (AvgIpc) is 2.29. The van der Waals surface area contributed by atoms with Gasteiger partial charge in [-0.15, -0.1) is 0 Å². The normalized spacial score (nSPS) is 20.0. The molecule has 0 aromatic heterocycles. The van der Waals surface area contributed by atoms with Crippen molar-refractivity contribution in [2.24, 2.45) is 5.92 Å². The molecular formula is C12H12BrClN2O2. The number of halogens is 2. The van der Waals surface area contributed by atoms with Crippen LogP contribution in [0.15, 0.2) is 16.6 Å². The second kappa shape index (κ2) is 4.90. The quantitative estimate of drug-likeness (QED) is 0.859. The van der Waals surface area contributed by atoms with Gasteiger partial charge in [-0.25, -0.2) is 4.79 Å². The van der Waals surface area contributed by atoms with E-state index in [1.165, 1.54) is 4.90 Å². The molecule has 0 bridgehead atoms. The second-order valence-electron chi connectivity index (χ2n) is 4.36. The van der Waals surface area contributed by atoms with E-state index in [-0.39, 0.29) is 11.8 Å². The number of anilines is 1. The van der Waals surface area contributed by atoms with Gasteiger partial charge in [0.05, 0.1) is 11.6 Å². The molecule has 6 heteroatoms. The number of rotatable bonds is 1. The molecule has 1 unspecified atom stereocenters. The molecule has 1 N–H and O–H groups in total. The van der Waals surface area contributed by atoms with Crippen molar-refractivity contribution in [2.75, 3.05) is 11.4 Å². The Balaban J connectivity index is 2.39. The van der Waals surface area contributed by atoms with Gasteiger partial charge >= 0.3 is 6.03 Å². The van der Waals surface area contributed by atoms with E-state index in [1.54, 1.807) is 13.0 Å². The Hall–Kier alpha value is -1.07. The number of aryl methyl sites for hydroxylation is 1. The molecule has 3 amide bonds. The Kier molecular flexibility index (Phi) is 3.64. The summed E-state index contributed by atoms with van der Waals surface area (Å²) < 4.78 is 0.779. The Morgan fingerprint density at radius 2 is 2.11 bits per heavy atom. The number of benzene rings is 1. The lowest BCUT2D eigenvalue weighted by Gasteiger charge is -2.31. The maximum absolute atomic E-state index is 11.8. The van der Waals surface area contributed by atoms with Crippen molar-refractivity contribution in [1.82, 2.24) is 5.32 Å². The average molecular weight is 332 g/mol. The Morgan fingerprint density at radius 3 is 2.78 bits per heavy atom. The predicted octanol–water partition coefficient (Wildman–Crippen LogP) is 3.10. The summed E-state index contributed by atoms with van der Waals surface area (Å²) in [4.78, 5) is 24.7. The van der Waals surface area contributed by atoms with Crippen LogP contribution in [0.4, 0.5) is 10.5 Å². The lowest BCUT2D eigenvalue weighted by atomic mass is 10.1. The van der Waals surface area contributed by atoms with Gasteiger partial charge in [0, 0.05) is 16.0 Å². The lowest BCUT2D eigenvalue weighted by molar-refractivity contribution is -0.123. The van der Waals surface area contributed by atoms with Crippen LogP contribution in [0.2, 0.25) is 5.02 Å². The number of amides is 3. The second-order valence-corrected chi connectivity index (χ2v) is 5.62. The summed E-state index contributed by atoms with van der Waals surface area (Å²) in [7, 11) is 0. The fourth-order valence-electron chi connectivity index (χ4n) is 1.79. The molecule has 1 aromatic carbocycles. The fraction of sp³-hybridized carbons (Fsp3) is 0.333. The summed E-state index contributed by atoms with van der Waals surface area (Å²) in [5.41, 5.74) is 1.59. The van der Waals surface area contributed by atoms with Crippen LogP contribution in [0, 0.1) is 12.8 Å². The van der Waals surface area contributed by atoms with Crippen molar-refractivity contribution in [3.05, 3.63) is 27.2 Å². The van der Waals surface area contributed by atoms with Gasteiger partial charge in [-0.3, -0.25) is 15.0 Å². The maximum Gasteiger partial charge on any atom is 0.328 e. The molecule has 18 heavy (non-hydrogen) atoms. The first-order valence-corrected chi connectivity index (χ1v) is 6.65. The van der Waals surface area contributed by atoms with Crippen molar-refractivity contribution in [3.63, 3.8) is 0 Å². The summed E-state index contributed by atoms with van der Waals surface area (Å²) >= 11 is 9.49. The lowest BCUT2D eigenvalue weighted by Crippen LogP contribution is -2.54. The Morgan fingerprint density at radius 1 is 1.44 bits per heavy atom. The highest BCUT2D eigenvalue weighted by Gasteiger charge is 2.31. The fourth-order valence-corrected chi connectivity index (χ4v) is 2.62. The predicted molar refractivity (Wildman–Crippen MR) is 73.9 cm³/mol. The number of hydrogen-bond donors (Lipinski definition) is 1. The van der Waals surface area contributed by atoms with Gasteiger partial charge in [-0.2, -0.15) is 0 Å². The third-order valence-corrected chi connectivity index (χ3v) is 3.94. The monoisotopic (exact) mass is 330 g/mol. The summed E-state index contributed by atoms with van der Waals surface area (Å²) in [5, 5.41) is 2.91. The van der Waals surface area contributed by atoms with E-state index in [9.17, 15) is 9.59 Å². The van der Waals surface area contributed by atoms with Crippen LogP contribution in [0.25, 0.3) is 0 Å². The number of imide groups is 1. The molecule has 0 saturated carbocycles. The van der Waals surface area contributed by atoms with Crippen molar-refractivity contribution in [1.29, 1.82) is 0 Å². The number of urea groups is 1. The third-order valence-electron chi connectivity index (χ3n) is 2.90. The molecule has 1 atom stereocenters. The van der Waals surface area contributed by atoms with Crippen molar-refractivity contribution < 1.29 is 9.59 Å². The van der Waals surface area contributed by atoms with E-state index >= 15 is 0 Å². The van der Waals surface area contributed by atoms with Crippen LogP contribution in [-0.4, -0.2) is 18.5 Å². The summed E-state index contributed by atoms with van der Waals surface area (Å²) in [6.45, 7) is 4.01. The van der Waals surface area contributed by atoms with Crippen molar-refractivity contribution in [2.45, 2.75) is 13.8 Å². The van der Waals surface area contributed by atoms with Crippen LogP contribution >= 0.6 is 27.5 Å². The van der Waals surface area contributed by atoms with Crippen molar-refractivity contribution in [3.8, 4) is 0 Å². The van der Waals surface area contributed by atoms with Gasteiger partial charge in [0.15, 0.2) is 0 Å². The van der Waals surface area contributed by atoms with Gasteiger partial charge < -0.3 is 0 Å². The van der Waals surface area contributed by atoms with E-state index in [4.69, 9.17) is 11.6 Å². The van der Waals surface area contributed by atoms with E-state index in [2.05, 4.69) is 21.2 Å². The van der Waals surface area contributed by atoms with E-state index in [0.29, 0.717) is 17.3 Å². The number of nitrogens with one attached hydrogen (secondary N) is 1. The minimum atomic E-state index is -0.418. The highest BCUT2D eigenvalue weighted by Crippen LogP contribution is 2.33. The van der Waals surface area contributed by atoms with Gasteiger partial charge in [0.25, 0.3) is 0 Å². The molecule has 1 heterocycles. The molecule has 4 nitrogen and oxygen atoms in total. The standard InChI is InChI=1S/C12H12BrClN2O2/c1-6-3-8(13)10(4-9(6)14)16-5-7(2)11(17)15-12(16)18/h3-4,7H,5H2,1-2H3,(H,15,17,18). The zero-order valence-electron chi connectivity index (χ0n) is 9.96. The summed E-state index contributed by atoms with van der Waals surface area (Å²) in [6, 6.07) is 3.16. The number of nitrogens with zero attached hydrogens (tertiary/aromatic N) is 1. The minimum Gasteiger partial charge on any atom is -0.292 e. The first-order chi connectivity index (χ1) is 8.40. The van der Waals surface area contributed by atoms with Crippen LogP contribution in [0.3, 0.4) is 0 Å². The minimum absolute atomic E-state index is 0.241. The largest absolute Gasteiger partial charge is 0.328 e. The summed E-state index contributed by atoms with van der Waals surface area (Å²) in [5.74, 6) is -0.486. The topological polar surface area (TPSA) is 49.4 Å². The van der Waals surface area contributed by atoms with Crippen LogP contribution in [-0.2, 0) is 4.79 Å². The Bertz CT molecular complexity index is 533. The molecule has 1 aliphatic heterocycles.